The van der Waals surface area contributed by atoms with Crippen LogP contribution in [0, 0.1) is 6.92 Å². The molecule has 1 N–H and O–H groups in total. The molecule has 34 heavy (non-hydrogen) atoms. The molecule has 0 radical (unpaired) electrons. The van der Waals surface area contributed by atoms with Crippen LogP contribution in [-0.4, -0.2) is 38.0 Å². The van der Waals surface area contributed by atoms with E-state index in [4.69, 9.17) is 9.15 Å². The second kappa shape index (κ2) is 8.39. The fourth-order valence-corrected chi connectivity index (χ4v) is 4.59. The lowest BCUT2D eigenvalue weighted by Crippen LogP contribution is -2.20. The van der Waals surface area contributed by atoms with Gasteiger partial charge in [-0.2, -0.15) is 17.7 Å². The quantitative estimate of drug-likeness (QED) is 0.460. The van der Waals surface area contributed by atoms with Crippen LogP contribution in [-0.2, 0) is 10.9 Å². The number of aromatic nitrogens is 5. The fourth-order valence-electron chi connectivity index (χ4n) is 4.59. The van der Waals surface area contributed by atoms with Gasteiger partial charge in [-0.1, -0.05) is 36.8 Å². The highest BCUT2D eigenvalue weighted by atomic mass is 19.4. The highest BCUT2D eigenvalue weighted by Gasteiger charge is 2.38. The van der Waals surface area contributed by atoms with Crippen LogP contribution < -0.4 is 5.56 Å². The van der Waals surface area contributed by atoms with E-state index in [9.17, 15) is 18.0 Å². The maximum Gasteiger partial charge on any atom is 0.433 e. The Balaban J connectivity index is 1.64. The summed E-state index contributed by atoms with van der Waals surface area (Å²) in [5, 5.41) is 10.4. The van der Waals surface area contributed by atoms with Gasteiger partial charge < -0.3 is 9.15 Å². The maximum absolute atomic E-state index is 13.9. The van der Waals surface area contributed by atoms with Crippen LogP contribution in [0.15, 0.2) is 39.5 Å². The van der Waals surface area contributed by atoms with Crippen molar-refractivity contribution in [1.82, 2.24) is 24.8 Å². The molecule has 0 aliphatic heterocycles. The molecule has 1 fully saturated rings. The maximum atomic E-state index is 13.9. The molecular formula is C23H22F3N5O3. The van der Waals surface area contributed by atoms with Crippen molar-refractivity contribution in [1.29, 1.82) is 0 Å². The highest BCUT2D eigenvalue weighted by Crippen LogP contribution is 2.39. The predicted octanol–water partition coefficient (Wildman–Crippen LogP) is 4.74. The van der Waals surface area contributed by atoms with Crippen molar-refractivity contribution < 1.29 is 22.3 Å². The van der Waals surface area contributed by atoms with Gasteiger partial charge in [-0.3, -0.25) is 9.89 Å². The zero-order valence-corrected chi connectivity index (χ0v) is 18.5. The first-order chi connectivity index (χ1) is 16.3. The fraction of sp³-hybridized carbons (Fsp3) is 0.391. The molecule has 1 aliphatic rings. The first kappa shape index (κ1) is 22.3. The van der Waals surface area contributed by atoms with Crippen molar-refractivity contribution in [2.24, 2.45) is 0 Å². The summed E-state index contributed by atoms with van der Waals surface area (Å²) >= 11 is 0. The minimum absolute atomic E-state index is 0.00768. The largest absolute Gasteiger partial charge is 0.433 e. The summed E-state index contributed by atoms with van der Waals surface area (Å²) in [4.78, 5) is 17.7. The Labute approximate surface area is 191 Å². The van der Waals surface area contributed by atoms with Crippen molar-refractivity contribution >= 4 is 5.65 Å². The van der Waals surface area contributed by atoms with Crippen molar-refractivity contribution in [3.05, 3.63) is 58.0 Å². The summed E-state index contributed by atoms with van der Waals surface area (Å²) < 4.78 is 53.7. The molecule has 178 valence electrons. The number of aryl methyl sites for hydroxylation is 1. The number of nitrogens with one attached hydrogen (secondary N) is 1. The van der Waals surface area contributed by atoms with Gasteiger partial charge in [0.05, 0.1) is 17.4 Å². The number of halogens is 3. The third-order valence-electron chi connectivity index (χ3n) is 6.27. The molecule has 11 heteroatoms. The molecule has 0 amide bonds. The van der Waals surface area contributed by atoms with E-state index >= 15 is 0 Å². The monoisotopic (exact) mass is 473 g/mol. The lowest BCUT2D eigenvalue weighted by Gasteiger charge is -2.25. The Morgan fingerprint density at radius 1 is 1.15 bits per heavy atom. The van der Waals surface area contributed by atoms with E-state index in [-0.39, 0.29) is 45.9 Å². The first-order valence-corrected chi connectivity index (χ1v) is 10.9. The molecule has 1 aromatic carbocycles. The second-order valence-electron chi connectivity index (χ2n) is 8.43. The summed E-state index contributed by atoms with van der Waals surface area (Å²) in [6.45, 7) is 1.54. The molecule has 3 heterocycles. The number of benzene rings is 1. The average Bonchev–Trinajstić information content (AvgIpc) is 3.45. The molecule has 0 saturated heterocycles. The van der Waals surface area contributed by atoms with Gasteiger partial charge in [-0.25, -0.2) is 4.98 Å². The van der Waals surface area contributed by atoms with E-state index < -0.39 is 17.4 Å². The number of ether oxygens (including phenoxy) is 1. The molecule has 4 aromatic rings. The predicted molar refractivity (Wildman–Crippen MR) is 116 cm³/mol. The zero-order valence-electron chi connectivity index (χ0n) is 18.5. The van der Waals surface area contributed by atoms with Gasteiger partial charge in [0.2, 0.25) is 5.89 Å². The van der Waals surface area contributed by atoms with Crippen LogP contribution in [0.2, 0.25) is 0 Å². The number of fused-ring (bicyclic) bond motifs is 1. The number of aromatic amines is 1. The van der Waals surface area contributed by atoms with E-state index in [0.717, 1.165) is 30.2 Å². The normalized spacial score (nSPS) is 19.1. The standard InChI is InChI=1S/C23H22F3N5O3/c1-12-16(21-29-28-20(34-21)14-9-6-10-15(11-14)33-2)22(32)31-19(27-12)17(13-7-4-3-5-8-13)18(30-31)23(24,25)26/h3-5,7-8,14-15,30H,6,9-11H2,1-2H3. The van der Waals surface area contributed by atoms with Crippen LogP contribution in [0.3, 0.4) is 0 Å². The number of hydrogen-bond acceptors (Lipinski definition) is 6. The third-order valence-corrected chi connectivity index (χ3v) is 6.27. The number of rotatable bonds is 4. The van der Waals surface area contributed by atoms with E-state index in [1.807, 2.05) is 0 Å². The minimum atomic E-state index is -4.73. The van der Waals surface area contributed by atoms with Crippen LogP contribution >= 0.6 is 0 Å². The number of alkyl halides is 3. The van der Waals surface area contributed by atoms with Gasteiger partial charge in [0.15, 0.2) is 5.65 Å². The minimum Gasteiger partial charge on any atom is -0.420 e. The van der Waals surface area contributed by atoms with Crippen molar-refractivity contribution in [3.8, 4) is 22.6 Å². The Morgan fingerprint density at radius 3 is 2.62 bits per heavy atom. The number of hydrogen-bond donors (Lipinski definition) is 1. The van der Waals surface area contributed by atoms with Crippen molar-refractivity contribution in [2.75, 3.05) is 7.11 Å². The molecule has 3 aromatic heterocycles. The molecule has 1 saturated carbocycles. The van der Waals surface area contributed by atoms with Gasteiger partial charge in [0.1, 0.15) is 11.3 Å². The Bertz CT molecular complexity index is 1390. The molecule has 5 rings (SSSR count). The van der Waals surface area contributed by atoms with E-state index in [0.29, 0.717) is 5.89 Å². The van der Waals surface area contributed by atoms with Gasteiger partial charge >= 0.3 is 6.18 Å². The summed E-state index contributed by atoms with van der Waals surface area (Å²) in [5.41, 5.74) is -1.67. The molecular weight excluding hydrogens is 451 g/mol. The SMILES string of the molecule is COC1CCCC(c2nnc(-c3c(C)nc4c(-c5ccccc5)c(C(F)(F)F)[nH]n4c3=O)o2)C1. The lowest BCUT2D eigenvalue weighted by atomic mass is 9.87. The van der Waals surface area contributed by atoms with E-state index in [1.165, 1.54) is 19.1 Å². The van der Waals surface area contributed by atoms with Crippen molar-refractivity contribution in [3.63, 3.8) is 0 Å². The van der Waals surface area contributed by atoms with Crippen molar-refractivity contribution in [2.45, 2.75) is 50.8 Å². The van der Waals surface area contributed by atoms with Gasteiger partial charge in [0, 0.05) is 13.0 Å². The second-order valence-corrected chi connectivity index (χ2v) is 8.43. The number of methoxy groups -OCH3 is 1. The summed E-state index contributed by atoms with van der Waals surface area (Å²) in [6, 6.07) is 8.02. The highest BCUT2D eigenvalue weighted by molar-refractivity contribution is 5.81. The van der Waals surface area contributed by atoms with Gasteiger partial charge in [-0.15, -0.1) is 10.2 Å². The Hall–Kier alpha value is -3.47. The van der Waals surface area contributed by atoms with E-state index in [1.54, 1.807) is 25.3 Å². The van der Waals surface area contributed by atoms with Gasteiger partial charge in [-0.05, 0) is 31.7 Å². The molecule has 0 spiro atoms. The summed E-state index contributed by atoms with van der Waals surface area (Å²) in [5.74, 6) is 0.308. The lowest BCUT2D eigenvalue weighted by molar-refractivity contribution is -0.140. The molecule has 0 bridgehead atoms. The summed E-state index contributed by atoms with van der Waals surface area (Å²) in [6.07, 6.45) is -1.16. The van der Waals surface area contributed by atoms with Crippen LogP contribution in [0.25, 0.3) is 28.2 Å². The van der Waals surface area contributed by atoms with E-state index in [2.05, 4.69) is 20.3 Å². The van der Waals surface area contributed by atoms with Gasteiger partial charge in [0.25, 0.3) is 11.4 Å². The third kappa shape index (κ3) is 3.79. The Morgan fingerprint density at radius 2 is 1.91 bits per heavy atom. The molecule has 8 nitrogen and oxygen atoms in total. The number of nitrogens with zero attached hydrogens (tertiary/aromatic N) is 4. The van der Waals surface area contributed by atoms with Crippen LogP contribution in [0.1, 0.15) is 48.9 Å². The van der Waals surface area contributed by atoms with Crippen LogP contribution in [0.4, 0.5) is 13.2 Å². The summed E-state index contributed by atoms with van der Waals surface area (Å²) in [7, 11) is 1.66. The smallest absolute Gasteiger partial charge is 0.420 e. The Kier molecular flexibility index (Phi) is 5.51. The zero-order chi connectivity index (χ0) is 24.0. The molecule has 2 unspecified atom stereocenters. The molecule has 2 atom stereocenters. The molecule has 1 aliphatic carbocycles. The average molecular weight is 473 g/mol. The van der Waals surface area contributed by atoms with Crippen LogP contribution in [0.5, 0.6) is 0 Å². The topological polar surface area (TPSA) is 98.3 Å². The first-order valence-electron chi connectivity index (χ1n) is 10.9. The number of H-pyrrole nitrogens is 1.